The average molecular weight is 565 g/mol. The lowest BCUT2D eigenvalue weighted by molar-refractivity contribution is -0.142. The highest BCUT2D eigenvalue weighted by Gasteiger charge is 2.62. The summed E-state index contributed by atoms with van der Waals surface area (Å²) in [5.74, 6) is -0.323. The van der Waals surface area contributed by atoms with Gasteiger partial charge in [-0.25, -0.2) is 4.79 Å². The number of methoxy groups -OCH3 is 2. The number of anilines is 1. The molecule has 10 nitrogen and oxygen atoms in total. The van der Waals surface area contributed by atoms with E-state index >= 15 is 0 Å². The Labute approximate surface area is 233 Å². The number of nitrogens with one attached hydrogen (secondary N) is 1. The lowest BCUT2D eigenvalue weighted by Gasteiger charge is -2.42. The Balaban J connectivity index is 1.74. The van der Waals surface area contributed by atoms with E-state index in [0.29, 0.717) is 17.9 Å². The number of nitrogens with zero attached hydrogens (tertiary/aromatic N) is 1. The number of aliphatic hydroxyl groups is 2. The molecule has 3 aliphatic heterocycles. The number of rotatable bonds is 2. The molecular weight excluding hydrogens is 528 g/mol. The summed E-state index contributed by atoms with van der Waals surface area (Å²) in [5, 5.41) is 25.3. The molecule has 3 aliphatic rings. The Kier molecular flexibility index (Phi) is 8.35. The zero-order valence-electron chi connectivity index (χ0n) is 23.1. The number of alkyl carbamates (subject to hydrolysis) is 1. The van der Waals surface area contributed by atoms with Crippen molar-refractivity contribution in [3.8, 4) is 5.75 Å². The molecule has 1 aromatic rings. The monoisotopic (exact) mass is 564 g/mol. The number of fused-ring (bicyclic) bond motifs is 5. The second kappa shape index (κ2) is 11.1. The molecule has 214 valence electrons. The van der Waals surface area contributed by atoms with E-state index in [2.05, 4.69) is 5.32 Å². The Morgan fingerprint density at radius 1 is 1.26 bits per heavy atom. The van der Waals surface area contributed by atoms with E-state index in [1.807, 2.05) is 32.1 Å². The second-order valence-electron chi connectivity index (χ2n) is 10.8. The maximum absolute atomic E-state index is 13.3. The molecule has 1 unspecified atom stereocenters. The first-order chi connectivity index (χ1) is 18.3. The summed E-state index contributed by atoms with van der Waals surface area (Å²) >= 11 is 6.58. The topological polar surface area (TPSA) is 130 Å². The first-order valence-electron chi connectivity index (χ1n) is 12.9. The fraction of sp³-hybridized carbons (Fsp3) is 0.571. The van der Waals surface area contributed by atoms with Crippen LogP contribution in [-0.4, -0.2) is 79.2 Å². The fourth-order valence-electron chi connectivity index (χ4n) is 5.46. The van der Waals surface area contributed by atoms with Crippen LogP contribution in [-0.2, 0) is 25.4 Å². The molecule has 2 fully saturated rings. The molecule has 39 heavy (non-hydrogen) atoms. The number of benzene rings is 1. The maximum Gasteiger partial charge on any atom is 0.409 e. The van der Waals surface area contributed by atoms with Gasteiger partial charge in [-0.1, -0.05) is 42.3 Å². The van der Waals surface area contributed by atoms with Gasteiger partial charge in [0.25, 0.3) is 0 Å². The Hall–Kier alpha value is -2.63. The van der Waals surface area contributed by atoms with E-state index in [1.54, 1.807) is 26.1 Å². The number of hydrogen-bond donors (Lipinski definition) is 3. The van der Waals surface area contributed by atoms with Crippen molar-refractivity contribution in [2.24, 2.45) is 5.92 Å². The van der Waals surface area contributed by atoms with Gasteiger partial charge in [0.1, 0.15) is 28.6 Å². The third kappa shape index (κ3) is 5.81. The van der Waals surface area contributed by atoms with Gasteiger partial charge in [-0.05, 0) is 38.0 Å². The number of carbonyl (C=O) groups excluding carboxylic acids is 2. The van der Waals surface area contributed by atoms with Crippen molar-refractivity contribution in [1.82, 2.24) is 5.32 Å². The molecule has 3 heterocycles. The van der Waals surface area contributed by atoms with Gasteiger partial charge in [-0.2, -0.15) is 0 Å². The number of allylic oxidation sites excluding steroid dienone is 3. The van der Waals surface area contributed by atoms with Crippen LogP contribution in [0.15, 0.2) is 35.9 Å². The van der Waals surface area contributed by atoms with Crippen molar-refractivity contribution < 1.29 is 38.7 Å². The van der Waals surface area contributed by atoms with Crippen LogP contribution < -0.4 is 15.0 Å². The highest BCUT2D eigenvalue weighted by atomic mass is 35.5. The number of hydrogen-bond acceptors (Lipinski definition) is 8. The molecule has 4 bridgehead atoms. The summed E-state index contributed by atoms with van der Waals surface area (Å²) in [4.78, 5) is 27.1. The lowest BCUT2D eigenvalue weighted by atomic mass is 9.84. The van der Waals surface area contributed by atoms with E-state index < -0.39 is 47.8 Å². The third-order valence-electron chi connectivity index (χ3n) is 7.98. The summed E-state index contributed by atoms with van der Waals surface area (Å²) in [6.07, 6.45) is 1.63. The normalized spacial score (nSPS) is 35.5. The minimum atomic E-state index is -1.73. The van der Waals surface area contributed by atoms with Crippen molar-refractivity contribution >= 4 is 29.3 Å². The van der Waals surface area contributed by atoms with Crippen LogP contribution >= 0.6 is 11.6 Å². The van der Waals surface area contributed by atoms with Gasteiger partial charge >= 0.3 is 6.09 Å². The summed E-state index contributed by atoms with van der Waals surface area (Å²) in [6, 6.07) is 3.63. The summed E-state index contributed by atoms with van der Waals surface area (Å²) < 4.78 is 22.4. The van der Waals surface area contributed by atoms with Crippen molar-refractivity contribution in [3.63, 3.8) is 0 Å². The molecule has 0 saturated carbocycles. The first-order valence-corrected chi connectivity index (χ1v) is 13.3. The number of epoxide rings is 1. The van der Waals surface area contributed by atoms with Crippen LogP contribution in [0.3, 0.4) is 0 Å². The number of carbonyl (C=O) groups is 2. The van der Waals surface area contributed by atoms with Gasteiger partial charge in [-0.15, -0.1) is 0 Å². The molecule has 0 aromatic heterocycles. The van der Waals surface area contributed by atoms with Crippen LogP contribution in [0, 0.1) is 5.92 Å². The molecule has 3 N–H and O–H groups in total. The SMILES string of the molecule is COc1cc2cc(c1Cl)N(C)C(=O)C[C@H](O)[C@]1(C)OC1[C@H](C)[C@@H]1C[C@@](O)(NC(=O)O1)[C@H](OC)C=CC=C(C)C2. The fourth-order valence-corrected chi connectivity index (χ4v) is 5.78. The second-order valence-corrected chi connectivity index (χ2v) is 11.2. The Morgan fingerprint density at radius 3 is 2.64 bits per heavy atom. The lowest BCUT2D eigenvalue weighted by Crippen LogP contribution is -2.63. The molecule has 1 aromatic carbocycles. The Bertz CT molecular complexity index is 1190. The predicted octanol–water partition coefficient (Wildman–Crippen LogP) is 3.12. The quantitative estimate of drug-likeness (QED) is 0.467. The first kappa shape index (κ1) is 29.4. The number of aliphatic hydroxyl groups excluding tert-OH is 1. The molecule has 11 heteroatoms. The summed E-state index contributed by atoms with van der Waals surface area (Å²) in [5.41, 5.74) is -0.479. The molecule has 0 radical (unpaired) electrons. The minimum absolute atomic E-state index is 0.0310. The van der Waals surface area contributed by atoms with Crippen molar-refractivity contribution in [2.45, 2.75) is 75.8 Å². The highest BCUT2D eigenvalue weighted by molar-refractivity contribution is 6.35. The zero-order valence-corrected chi connectivity index (χ0v) is 23.8. The summed E-state index contributed by atoms with van der Waals surface area (Å²) in [6.45, 7) is 5.48. The zero-order chi connectivity index (χ0) is 28.7. The van der Waals surface area contributed by atoms with Gasteiger partial charge in [-0.3, -0.25) is 10.1 Å². The number of halogens is 1. The van der Waals surface area contributed by atoms with Crippen LogP contribution in [0.2, 0.25) is 5.02 Å². The van der Waals surface area contributed by atoms with E-state index in [4.69, 9.17) is 30.5 Å². The van der Waals surface area contributed by atoms with Crippen LogP contribution in [0.4, 0.5) is 10.5 Å². The maximum atomic E-state index is 13.3. The van der Waals surface area contributed by atoms with Crippen molar-refractivity contribution in [1.29, 1.82) is 0 Å². The van der Waals surface area contributed by atoms with Gasteiger partial charge in [0.15, 0.2) is 5.72 Å². The number of amides is 2. The highest BCUT2D eigenvalue weighted by Crippen LogP contribution is 2.48. The van der Waals surface area contributed by atoms with Gasteiger partial charge < -0.3 is 34.1 Å². The Morgan fingerprint density at radius 2 is 1.97 bits per heavy atom. The van der Waals surface area contributed by atoms with Crippen LogP contribution in [0.5, 0.6) is 5.75 Å². The van der Waals surface area contributed by atoms with Gasteiger partial charge in [0.2, 0.25) is 5.91 Å². The van der Waals surface area contributed by atoms with Gasteiger partial charge in [0.05, 0.1) is 31.4 Å². The van der Waals surface area contributed by atoms with Crippen LogP contribution in [0.1, 0.15) is 39.2 Å². The van der Waals surface area contributed by atoms with E-state index in [-0.39, 0.29) is 23.8 Å². The van der Waals surface area contributed by atoms with E-state index in [1.165, 1.54) is 19.1 Å². The third-order valence-corrected chi connectivity index (χ3v) is 8.36. The minimum Gasteiger partial charge on any atom is -0.495 e. The van der Waals surface area contributed by atoms with E-state index in [9.17, 15) is 19.8 Å². The molecule has 4 rings (SSSR count). The van der Waals surface area contributed by atoms with E-state index in [0.717, 1.165) is 11.1 Å². The molecule has 0 aliphatic carbocycles. The smallest absolute Gasteiger partial charge is 0.409 e. The van der Waals surface area contributed by atoms with Crippen molar-refractivity contribution in [2.75, 3.05) is 26.2 Å². The number of ether oxygens (including phenoxy) is 4. The summed E-state index contributed by atoms with van der Waals surface area (Å²) in [7, 11) is 4.56. The molecule has 7 atom stereocenters. The van der Waals surface area contributed by atoms with Crippen molar-refractivity contribution in [3.05, 3.63) is 46.5 Å². The largest absolute Gasteiger partial charge is 0.495 e. The standard InChI is InChI=1S/C28H37ClN2O8/c1-15-8-7-9-22(37-6)28(35)14-20(38-26(34)30-28)16(2)25-27(3,39-25)21(32)13-23(33)31(4)18-11-17(10-15)12-19(36-5)24(18)29/h7-9,11-12,16,20-22,25,32,35H,10,13-14H2,1-6H3,(H,30,34)/t16-,20+,21+,22-,25?,27+,28+/m1/s1. The van der Waals surface area contributed by atoms with Crippen LogP contribution in [0.25, 0.3) is 0 Å². The molecule has 2 amide bonds. The molecule has 0 spiro atoms. The molecular formula is C28H37ClN2O8. The van der Waals surface area contributed by atoms with Gasteiger partial charge in [0, 0.05) is 26.5 Å². The molecule has 2 saturated heterocycles. The average Bonchev–Trinajstić information content (AvgIpc) is 3.58. The predicted molar refractivity (Wildman–Crippen MR) is 145 cm³/mol.